The van der Waals surface area contributed by atoms with E-state index in [0.717, 1.165) is 0 Å². The summed E-state index contributed by atoms with van der Waals surface area (Å²) in [6.45, 7) is 1.58. The molecule has 4 heteroatoms. The molecule has 0 bridgehead atoms. The maximum Gasteiger partial charge on any atom is 0.323 e. The molecule has 4 nitrogen and oxygen atoms in total. The topological polar surface area (TPSA) is 72.5 Å². The summed E-state index contributed by atoms with van der Waals surface area (Å²) in [7, 11) is 0. The number of carbonyl (C=O) groups excluding carboxylic acids is 1. The van der Waals surface area contributed by atoms with Gasteiger partial charge in [-0.1, -0.05) is 0 Å². The number of carbonyl (C=O) groups is 1. The lowest BCUT2D eigenvalue weighted by atomic mass is 10.1. The molecule has 1 aliphatic rings. The molecule has 0 amide bonds. The number of aliphatic hydroxyl groups excluding tert-OH is 1. The van der Waals surface area contributed by atoms with Gasteiger partial charge in [0.1, 0.15) is 12.1 Å². The van der Waals surface area contributed by atoms with Gasteiger partial charge in [0.15, 0.2) is 0 Å². The van der Waals surface area contributed by atoms with Crippen molar-refractivity contribution in [3.05, 3.63) is 0 Å². The Bertz CT molecular complexity index is 146. The van der Waals surface area contributed by atoms with Crippen LogP contribution >= 0.6 is 0 Å². The van der Waals surface area contributed by atoms with Crippen LogP contribution in [-0.2, 0) is 9.53 Å². The summed E-state index contributed by atoms with van der Waals surface area (Å²) in [5.74, 6) is -0.411. The number of rotatable bonds is 1. The zero-order valence-corrected chi connectivity index (χ0v) is 5.78. The first-order valence-corrected chi connectivity index (χ1v) is 3.25. The molecular weight excluding hydrogens is 134 g/mol. The number of cyclic esters (lactones) is 1. The third-order valence-electron chi connectivity index (χ3n) is 1.59. The number of esters is 1. The van der Waals surface area contributed by atoms with Gasteiger partial charge in [0.05, 0.1) is 6.10 Å². The van der Waals surface area contributed by atoms with Crippen molar-refractivity contribution in [3.63, 3.8) is 0 Å². The maximum atomic E-state index is 10.6. The lowest BCUT2D eigenvalue weighted by Crippen LogP contribution is -2.25. The van der Waals surface area contributed by atoms with E-state index in [1.165, 1.54) is 0 Å². The average molecular weight is 145 g/mol. The van der Waals surface area contributed by atoms with Crippen molar-refractivity contribution < 1.29 is 14.6 Å². The number of aliphatic hydroxyl groups is 1. The minimum Gasteiger partial charge on any atom is -0.458 e. The number of hydrogen-bond donors (Lipinski definition) is 2. The van der Waals surface area contributed by atoms with Gasteiger partial charge in [0, 0.05) is 6.42 Å². The van der Waals surface area contributed by atoms with E-state index in [1.54, 1.807) is 6.92 Å². The molecule has 0 radical (unpaired) electrons. The van der Waals surface area contributed by atoms with Gasteiger partial charge in [-0.3, -0.25) is 4.79 Å². The van der Waals surface area contributed by atoms with E-state index in [1.807, 2.05) is 0 Å². The van der Waals surface area contributed by atoms with Crippen molar-refractivity contribution in [1.29, 1.82) is 0 Å². The van der Waals surface area contributed by atoms with Gasteiger partial charge < -0.3 is 15.6 Å². The monoisotopic (exact) mass is 145 g/mol. The zero-order valence-electron chi connectivity index (χ0n) is 5.78. The van der Waals surface area contributed by atoms with Crippen molar-refractivity contribution >= 4 is 5.97 Å². The van der Waals surface area contributed by atoms with Crippen LogP contribution in [0.15, 0.2) is 0 Å². The fourth-order valence-corrected chi connectivity index (χ4v) is 0.927. The van der Waals surface area contributed by atoms with Crippen molar-refractivity contribution in [2.45, 2.75) is 31.6 Å². The fourth-order valence-electron chi connectivity index (χ4n) is 0.927. The summed E-state index contributed by atoms with van der Waals surface area (Å²) >= 11 is 0. The van der Waals surface area contributed by atoms with E-state index in [0.29, 0.717) is 6.42 Å². The van der Waals surface area contributed by atoms with Crippen LogP contribution in [-0.4, -0.2) is 29.3 Å². The molecule has 1 heterocycles. The Labute approximate surface area is 59.0 Å². The molecule has 0 aromatic rings. The Morgan fingerprint density at radius 3 is 2.70 bits per heavy atom. The third kappa shape index (κ3) is 1.27. The summed E-state index contributed by atoms with van der Waals surface area (Å²) in [5.41, 5.74) is 5.32. The smallest absolute Gasteiger partial charge is 0.323 e. The van der Waals surface area contributed by atoms with E-state index in [-0.39, 0.29) is 0 Å². The van der Waals surface area contributed by atoms with Crippen molar-refractivity contribution in [2.75, 3.05) is 0 Å². The van der Waals surface area contributed by atoms with E-state index >= 15 is 0 Å². The quantitative estimate of drug-likeness (QED) is 0.465. The molecular formula is C6H11NO3. The minimum atomic E-state index is -0.613. The number of ether oxygens (including phenoxy) is 1. The molecule has 1 fully saturated rings. The summed E-state index contributed by atoms with van der Waals surface area (Å²) in [6, 6.07) is -0.542. The zero-order chi connectivity index (χ0) is 7.72. The summed E-state index contributed by atoms with van der Waals surface area (Å²) in [4.78, 5) is 10.6. The lowest BCUT2D eigenvalue weighted by Gasteiger charge is -2.10. The summed E-state index contributed by atoms with van der Waals surface area (Å²) in [6.07, 6.45) is -0.587. The lowest BCUT2D eigenvalue weighted by molar-refractivity contribution is -0.145. The Balaban J connectivity index is 2.49. The fraction of sp³-hybridized carbons (Fsp3) is 0.833. The molecule has 58 valence electrons. The molecule has 0 aromatic carbocycles. The molecule has 1 rings (SSSR count). The summed E-state index contributed by atoms with van der Waals surface area (Å²) in [5, 5.41) is 8.95. The standard InChI is InChI=1S/C6H11NO3/c1-3(8)5-2-4(7)6(9)10-5/h3-5,8H,2,7H2,1H3/t3?,4-,5-/m1/s1. The highest BCUT2D eigenvalue weighted by atomic mass is 16.6. The van der Waals surface area contributed by atoms with Crippen molar-refractivity contribution in [3.8, 4) is 0 Å². The molecule has 10 heavy (non-hydrogen) atoms. The molecule has 0 aromatic heterocycles. The van der Waals surface area contributed by atoms with E-state index in [2.05, 4.69) is 0 Å². The Kier molecular flexibility index (Phi) is 1.92. The van der Waals surface area contributed by atoms with Crippen LogP contribution in [0.4, 0.5) is 0 Å². The Morgan fingerprint density at radius 2 is 2.50 bits per heavy atom. The predicted molar refractivity (Wildman–Crippen MR) is 34.2 cm³/mol. The van der Waals surface area contributed by atoms with Crippen LogP contribution < -0.4 is 5.73 Å². The van der Waals surface area contributed by atoms with Crippen LogP contribution in [0.5, 0.6) is 0 Å². The van der Waals surface area contributed by atoms with E-state index < -0.39 is 24.2 Å². The molecule has 3 atom stereocenters. The molecule has 3 N–H and O–H groups in total. The van der Waals surface area contributed by atoms with Crippen LogP contribution in [0.3, 0.4) is 0 Å². The SMILES string of the molecule is CC(O)[C@H]1C[C@@H](N)C(=O)O1. The second-order valence-corrected chi connectivity index (χ2v) is 2.56. The molecule has 0 aliphatic carbocycles. The van der Waals surface area contributed by atoms with Crippen molar-refractivity contribution in [2.24, 2.45) is 5.73 Å². The van der Waals surface area contributed by atoms with Gasteiger partial charge >= 0.3 is 5.97 Å². The van der Waals surface area contributed by atoms with Gasteiger partial charge in [-0.25, -0.2) is 0 Å². The molecule has 1 unspecified atom stereocenters. The van der Waals surface area contributed by atoms with E-state index in [9.17, 15) is 4.79 Å². The largest absolute Gasteiger partial charge is 0.458 e. The Hall–Kier alpha value is -0.610. The van der Waals surface area contributed by atoms with Gasteiger partial charge in [-0.2, -0.15) is 0 Å². The summed E-state index contributed by atoms with van der Waals surface area (Å²) < 4.78 is 4.72. The second-order valence-electron chi connectivity index (χ2n) is 2.56. The maximum absolute atomic E-state index is 10.6. The normalized spacial score (nSPS) is 35.7. The number of hydrogen-bond acceptors (Lipinski definition) is 4. The van der Waals surface area contributed by atoms with Gasteiger partial charge in [0.25, 0.3) is 0 Å². The Morgan fingerprint density at radius 1 is 1.90 bits per heavy atom. The molecule has 1 aliphatic heterocycles. The second kappa shape index (κ2) is 2.56. The van der Waals surface area contributed by atoms with Crippen molar-refractivity contribution in [1.82, 2.24) is 0 Å². The first kappa shape index (κ1) is 7.50. The van der Waals surface area contributed by atoms with Gasteiger partial charge in [-0.05, 0) is 6.92 Å². The molecule has 0 spiro atoms. The third-order valence-corrected chi connectivity index (χ3v) is 1.59. The number of nitrogens with two attached hydrogens (primary N) is 1. The minimum absolute atomic E-state index is 0.400. The molecule has 0 saturated carbocycles. The first-order valence-electron chi connectivity index (χ1n) is 3.25. The highest BCUT2D eigenvalue weighted by molar-refractivity contribution is 5.77. The highest BCUT2D eigenvalue weighted by Crippen LogP contribution is 2.15. The average Bonchev–Trinajstić information content (AvgIpc) is 2.13. The van der Waals surface area contributed by atoms with Gasteiger partial charge in [0.2, 0.25) is 0 Å². The highest BCUT2D eigenvalue weighted by Gasteiger charge is 2.33. The van der Waals surface area contributed by atoms with Gasteiger partial charge in [-0.15, -0.1) is 0 Å². The van der Waals surface area contributed by atoms with Crippen LogP contribution in [0.1, 0.15) is 13.3 Å². The predicted octanol–water partition coefficient (Wildman–Crippen LogP) is -0.990. The van der Waals surface area contributed by atoms with Crippen LogP contribution in [0.2, 0.25) is 0 Å². The first-order chi connectivity index (χ1) is 4.61. The van der Waals surface area contributed by atoms with E-state index in [4.69, 9.17) is 15.6 Å². The molecule has 1 saturated heterocycles. The van der Waals surface area contributed by atoms with Crippen LogP contribution in [0.25, 0.3) is 0 Å². The van der Waals surface area contributed by atoms with Crippen LogP contribution in [0, 0.1) is 0 Å².